The Balaban J connectivity index is 2.05. The van der Waals surface area contributed by atoms with Gasteiger partial charge in [-0.1, -0.05) is 11.3 Å². The summed E-state index contributed by atoms with van der Waals surface area (Å²) in [5.74, 6) is 0. The Bertz CT molecular complexity index is 465. The summed E-state index contributed by atoms with van der Waals surface area (Å²) in [6.45, 7) is 0.824. The highest BCUT2D eigenvalue weighted by Gasteiger charge is 2.08. The summed E-state index contributed by atoms with van der Waals surface area (Å²) in [5, 5.41) is 14.0. The molecule has 1 N–H and O–H groups in total. The van der Waals surface area contributed by atoms with E-state index in [1.54, 1.807) is 10.9 Å². The van der Waals surface area contributed by atoms with Gasteiger partial charge >= 0.3 is 0 Å². The standard InChI is InChI=1S/C10H14N4OS/c1-13(5-8-3-12-14(2)6-8)10-11-4-9(7-15)16-10/h3-4,6,15H,5,7H2,1-2H3. The highest BCUT2D eigenvalue weighted by molar-refractivity contribution is 7.15. The molecule has 0 radical (unpaired) electrons. The number of thiazole rings is 1. The molecule has 0 aliphatic carbocycles. The molecule has 86 valence electrons. The maximum absolute atomic E-state index is 8.96. The predicted octanol–water partition coefficient (Wildman–Crippen LogP) is 1.01. The van der Waals surface area contributed by atoms with E-state index in [1.165, 1.54) is 11.3 Å². The molecule has 0 spiro atoms. The molecule has 0 bridgehead atoms. The van der Waals surface area contributed by atoms with Gasteiger partial charge in [-0.25, -0.2) is 4.98 Å². The second-order valence-electron chi connectivity index (χ2n) is 3.65. The maximum Gasteiger partial charge on any atom is 0.185 e. The van der Waals surface area contributed by atoms with E-state index >= 15 is 0 Å². The highest BCUT2D eigenvalue weighted by Crippen LogP contribution is 2.22. The molecule has 0 saturated carbocycles. The first kappa shape index (κ1) is 11.1. The van der Waals surface area contributed by atoms with E-state index in [0.717, 1.165) is 22.1 Å². The number of aliphatic hydroxyl groups is 1. The van der Waals surface area contributed by atoms with Crippen molar-refractivity contribution in [2.45, 2.75) is 13.2 Å². The van der Waals surface area contributed by atoms with Crippen molar-refractivity contribution in [1.82, 2.24) is 14.8 Å². The monoisotopic (exact) mass is 238 g/mol. The van der Waals surface area contributed by atoms with Gasteiger partial charge < -0.3 is 10.0 Å². The molecular weight excluding hydrogens is 224 g/mol. The lowest BCUT2D eigenvalue weighted by atomic mass is 10.3. The zero-order chi connectivity index (χ0) is 11.5. The largest absolute Gasteiger partial charge is 0.391 e. The summed E-state index contributed by atoms with van der Waals surface area (Å²) >= 11 is 1.50. The Kier molecular flexibility index (Phi) is 3.21. The van der Waals surface area contributed by atoms with Crippen molar-refractivity contribution < 1.29 is 5.11 Å². The van der Waals surface area contributed by atoms with E-state index in [4.69, 9.17) is 5.11 Å². The predicted molar refractivity (Wildman–Crippen MR) is 63.4 cm³/mol. The first-order chi connectivity index (χ1) is 7.69. The topological polar surface area (TPSA) is 54.2 Å². The number of nitrogens with zero attached hydrogens (tertiary/aromatic N) is 4. The fraction of sp³-hybridized carbons (Fsp3) is 0.400. The lowest BCUT2D eigenvalue weighted by molar-refractivity contribution is 0.285. The zero-order valence-corrected chi connectivity index (χ0v) is 10.1. The lowest BCUT2D eigenvalue weighted by Crippen LogP contribution is -2.15. The van der Waals surface area contributed by atoms with E-state index in [2.05, 4.69) is 10.1 Å². The lowest BCUT2D eigenvalue weighted by Gasteiger charge is -2.13. The van der Waals surface area contributed by atoms with Crippen molar-refractivity contribution in [3.63, 3.8) is 0 Å². The number of aromatic nitrogens is 3. The van der Waals surface area contributed by atoms with Crippen LogP contribution in [0.3, 0.4) is 0 Å². The Labute approximate surface area is 98.0 Å². The summed E-state index contributed by atoms with van der Waals surface area (Å²) in [5.41, 5.74) is 1.14. The van der Waals surface area contributed by atoms with Gasteiger partial charge in [0.1, 0.15) is 0 Å². The fourth-order valence-corrected chi connectivity index (χ4v) is 2.17. The van der Waals surface area contributed by atoms with Crippen LogP contribution in [0.25, 0.3) is 0 Å². The molecule has 5 nitrogen and oxygen atoms in total. The number of aliphatic hydroxyl groups excluding tert-OH is 1. The molecule has 2 aromatic heterocycles. The Hall–Kier alpha value is -1.40. The molecule has 2 aromatic rings. The van der Waals surface area contributed by atoms with Crippen LogP contribution in [0.15, 0.2) is 18.6 Å². The van der Waals surface area contributed by atoms with Crippen molar-refractivity contribution in [2.24, 2.45) is 7.05 Å². The molecular formula is C10H14N4OS. The van der Waals surface area contributed by atoms with Crippen molar-refractivity contribution in [1.29, 1.82) is 0 Å². The molecule has 0 unspecified atom stereocenters. The third kappa shape index (κ3) is 2.40. The van der Waals surface area contributed by atoms with Crippen LogP contribution in [0.4, 0.5) is 5.13 Å². The smallest absolute Gasteiger partial charge is 0.185 e. The summed E-state index contributed by atoms with van der Waals surface area (Å²) in [7, 11) is 3.88. The molecule has 0 saturated heterocycles. The third-order valence-electron chi connectivity index (χ3n) is 2.20. The summed E-state index contributed by atoms with van der Waals surface area (Å²) in [6.07, 6.45) is 5.54. The molecule has 16 heavy (non-hydrogen) atoms. The van der Waals surface area contributed by atoms with E-state index < -0.39 is 0 Å². The average molecular weight is 238 g/mol. The fourth-order valence-electron chi connectivity index (χ4n) is 1.44. The Morgan fingerprint density at radius 2 is 2.31 bits per heavy atom. The zero-order valence-electron chi connectivity index (χ0n) is 9.29. The quantitative estimate of drug-likeness (QED) is 0.863. The number of rotatable bonds is 4. The van der Waals surface area contributed by atoms with E-state index in [1.807, 2.05) is 31.4 Å². The van der Waals surface area contributed by atoms with Crippen LogP contribution in [0, 0.1) is 0 Å². The number of aryl methyl sites for hydroxylation is 1. The SMILES string of the molecule is CN(Cc1cnn(C)c1)c1ncc(CO)s1. The number of hydrogen-bond donors (Lipinski definition) is 1. The van der Waals surface area contributed by atoms with Gasteiger partial charge in [-0.05, 0) is 0 Å². The van der Waals surface area contributed by atoms with Crippen LogP contribution in [0.2, 0.25) is 0 Å². The van der Waals surface area contributed by atoms with Gasteiger partial charge in [0.05, 0.1) is 17.7 Å². The molecule has 0 atom stereocenters. The van der Waals surface area contributed by atoms with E-state index in [-0.39, 0.29) is 6.61 Å². The van der Waals surface area contributed by atoms with Crippen molar-refractivity contribution in [3.05, 3.63) is 29.0 Å². The summed E-state index contributed by atoms with van der Waals surface area (Å²) < 4.78 is 1.78. The first-order valence-corrected chi connectivity index (χ1v) is 5.75. The Morgan fingerprint density at radius 3 is 2.88 bits per heavy atom. The second-order valence-corrected chi connectivity index (χ2v) is 4.74. The van der Waals surface area contributed by atoms with Crippen LogP contribution < -0.4 is 4.90 Å². The van der Waals surface area contributed by atoms with Gasteiger partial charge in [0.15, 0.2) is 5.13 Å². The molecule has 0 aromatic carbocycles. The summed E-state index contributed by atoms with van der Waals surface area (Å²) in [4.78, 5) is 7.17. The molecule has 2 rings (SSSR count). The van der Waals surface area contributed by atoms with Crippen LogP contribution in [-0.4, -0.2) is 26.9 Å². The van der Waals surface area contributed by atoms with Gasteiger partial charge in [0.25, 0.3) is 0 Å². The molecule has 6 heteroatoms. The minimum absolute atomic E-state index is 0.0540. The Morgan fingerprint density at radius 1 is 1.50 bits per heavy atom. The van der Waals surface area contributed by atoms with Crippen molar-refractivity contribution in [3.8, 4) is 0 Å². The number of anilines is 1. The third-order valence-corrected chi connectivity index (χ3v) is 3.30. The van der Waals surface area contributed by atoms with Gasteiger partial charge in [-0.2, -0.15) is 5.10 Å². The molecule has 0 aliphatic rings. The van der Waals surface area contributed by atoms with Crippen molar-refractivity contribution in [2.75, 3.05) is 11.9 Å². The normalized spacial score (nSPS) is 10.7. The molecule has 2 heterocycles. The van der Waals surface area contributed by atoms with Gasteiger partial charge in [-0.3, -0.25) is 4.68 Å². The van der Waals surface area contributed by atoms with Crippen LogP contribution in [0.1, 0.15) is 10.4 Å². The number of hydrogen-bond acceptors (Lipinski definition) is 5. The van der Waals surface area contributed by atoms with Gasteiger partial charge in [-0.15, -0.1) is 0 Å². The molecule has 0 aliphatic heterocycles. The van der Waals surface area contributed by atoms with Gasteiger partial charge in [0.2, 0.25) is 0 Å². The minimum Gasteiger partial charge on any atom is -0.391 e. The maximum atomic E-state index is 8.96. The van der Waals surface area contributed by atoms with Crippen molar-refractivity contribution >= 4 is 16.5 Å². The van der Waals surface area contributed by atoms with Crippen LogP contribution in [-0.2, 0) is 20.2 Å². The first-order valence-electron chi connectivity index (χ1n) is 4.93. The second kappa shape index (κ2) is 4.63. The molecule has 0 fully saturated rings. The van der Waals surface area contributed by atoms with Gasteiger partial charge in [0, 0.05) is 38.6 Å². The highest BCUT2D eigenvalue weighted by atomic mass is 32.1. The average Bonchev–Trinajstić information content (AvgIpc) is 2.87. The van der Waals surface area contributed by atoms with Crippen LogP contribution >= 0.6 is 11.3 Å². The summed E-state index contributed by atoms with van der Waals surface area (Å²) in [6, 6.07) is 0. The minimum atomic E-state index is 0.0540. The van der Waals surface area contributed by atoms with E-state index in [9.17, 15) is 0 Å². The van der Waals surface area contributed by atoms with E-state index in [0.29, 0.717) is 0 Å². The van der Waals surface area contributed by atoms with Crippen LogP contribution in [0.5, 0.6) is 0 Å². The molecule has 0 amide bonds.